The van der Waals surface area contributed by atoms with Crippen molar-refractivity contribution in [1.82, 2.24) is 29.6 Å². The monoisotopic (exact) mass is 914 g/mol. The number of fused-ring (bicyclic) bond motifs is 3. The zero-order valence-corrected chi connectivity index (χ0v) is 39.4. The third kappa shape index (κ3) is 12.3. The van der Waals surface area contributed by atoms with Crippen molar-refractivity contribution in [1.29, 1.82) is 0 Å². The van der Waals surface area contributed by atoms with E-state index >= 15 is 0 Å². The number of hydrogen-bond acceptors (Lipinski definition) is 11. The first-order chi connectivity index (χ1) is 32.8. The molecule has 14 heteroatoms. The number of anilines is 1. The number of methoxy groups -OCH3 is 1. The number of hydrogen-bond donors (Lipinski definition) is 2. The molecule has 67 heavy (non-hydrogen) atoms. The number of benzene rings is 4. The largest absolute Gasteiger partial charge is 0.495 e. The first-order valence-corrected chi connectivity index (χ1v) is 24.3. The Morgan fingerprint density at radius 3 is 2.34 bits per heavy atom. The van der Waals surface area contributed by atoms with Crippen molar-refractivity contribution in [2.45, 2.75) is 103 Å². The van der Waals surface area contributed by atoms with Crippen LogP contribution in [0.4, 0.5) is 10.5 Å². The second-order valence-corrected chi connectivity index (χ2v) is 18.1. The number of amides is 2. The summed E-state index contributed by atoms with van der Waals surface area (Å²) in [5.74, 6) is 2.53. The summed E-state index contributed by atoms with van der Waals surface area (Å²) in [5.41, 5.74) is 4.07. The second-order valence-electron chi connectivity index (χ2n) is 18.1. The highest BCUT2D eigenvalue weighted by molar-refractivity contribution is 5.87. The molecule has 3 fully saturated rings. The molecule has 2 atom stereocenters. The van der Waals surface area contributed by atoms with Crippen LogP contribution in [0.3, 0.4) is 0 Å². The van der Waals surface area contributed by atoms with Crippen molar-refractivity contribution < 1.29 is 28.5 Å². The summed E-state index contributed by atoms with van der Waals surface area (Å²) in [6, 6.07) is 29.6. The molecule has 0 radical (unpaired) electrons. The van der Waals surface area contributed by atoms with Crippen molar-refractivity contribution in [2.24, 2.45) is 0 Å². The van der Waals surface area contributed by atoms with Crippen LogP contribution >= 0.6 is 0 Å². The van der Waals surface area contributed by atoms with Gasteiger partial charge in [-0.3, -0.25) is 29.3 Å². The smallest absolute Gasteiger partial charge is 0.412 e. The van der Waals surface area contributed by atoms with Gasteiger partial charge in [-0.05, 0) is 112 Å². The minimum atomic E-state index is -0.407. The van der Waals surface area contributed by atoms with Crippen molar-refractivity contribution >= 4 is 28.6 Å². The fourth-order valence-corrected chi connectivity index (χ4v) is 9.96. The first kappa shape index (κ1) is 47.5. The van der Waals surface area contributed by atoms with E-state index in [4.69, 9.17) is 23.9 Å². The van der Waals surface area contributed by atoms with Gasteiger partial charge in [-0.1, -0.05) is 61.7 Å². The molecule has 1 aromatic heterocycles. The van der Waals surface area contributed by atoms with Gasteiger partial charge in [0, 0.05) is 57.6 Å². The lowest BCUT2D eigenvalue weighted by molar-refractivity contribution is -0.135. The molecule has 2 amide bonds. The van der Waals surface area contributed by atoms with Gasteiger partial charge in [-0.2, -0.15) is 0 Å². The minimum Gasteiger partial charge on any atom is -0.495 e. The van der Waals surface area contributed by atoms with Gasteiger partial charge in [0.1, 0.15) is 29.2 Å². The number of para-hydroxylation sites is 3. The quantitative estimate of drug-likeness (QED) is 0.0733. The van der Waals surface area contributed by atoms with E-state index < -0.39 is 6.09 Å². The molecular weight excluding hydrogens is 847 g/mol. The Kier molecular flexibility index (Phi) is 16.4. The third-order valence-electron chi connectivity index (χ3n) is 13.4. The predicted molar refractivity (Wildman–Crippen MR) is 261 cm³/mol. The molecule has 8 rings (SSSR count). The molecule has 0 saturated carbocycles. The van der Waals surface area contributed by atoms with E-state index in [9.17, 15) is 14.4 Å². The van der Waals surface area contributed by atoms with E-state index in [1.807, 2.05) is 97.6 Å². The van der Waals surface area contributed by atoms with Crippen LogP contribution in [0, 0.1) is 6.92 Å². The van der Waals surface area contributed by atoms with Crippen LogP contribution in [-0.2, 0) is 22.6 Å². The first-order valence-electron chi connectivity index (χ1n) is 24.3. The SMILES string of the molecule is CCOc1ccccc1-n1c(CN2CCN(C(=O)COc3ccc(CNCCCCCCN4C5CCCC4CC(OC(=O)Nc4ccc(C)cc4OC)C5)cc3)CC2)nc2ccccc2c1=O. The van der Waals surface area contributed by atoms with Gasteiger partial charge in [-0.15, -0.1) is 0 Å². The van der Waals surface area contributed by atoms with Crippen LogP contribution < -0.4 is 30.4 Å². The molecule has 5 aromatic rings. The molecule has 2 unspecified atom stereocenters. The van der Waals surface area contributed by atoms with Crippen LogP contribution in [0.25, 0.3) is 16.6 Å². The summed E-state index contributed by atoms with van der Waals surface area (Å²) in [4.78, 5) is 51.7. The van der Waals surface area contributed by atoms with Gasteiger partial charge in [0.25, 0.3) is 11.5 Å². The van der Waals surface area contributed by atoms with Crippen molar-refractivity contribution in [3.05, 3.63) is 118 Å². The van der Waals surface area contributed by atoms with E-state index in [1.54, 1.807) is 11.7 Å². The van der Waals surface area contributed by atoms with Gasteiger partial charge in [0.05, 0.1) is 42.5 Å². The van der Waals surface area contributed by atoms with Crippen LogP contribution in [0.2, 0.25) is 0 Å². The van der Waals surface area contributed by atoms with Gasteiger partial charge < -0.3 is 29.2 Å². The Hall–Kier alpha value is -5.96. The van der Waals surface area contributed by atoms with E-state index in [-0.39, 0.29) is 24.2 Å². The lowest BCUT2D eigenvalue weighted by Gasteiger charge is -2.48. The average molecular weight is 914 g/mol. The molecule has 0 aliphatic carbocycles. The van der Waals surface area contributed by atoms with Crippen molar-refractivity contribution in [2.75, 3.05) is 64.9 Å². The number of aromatic nitrogens is 2. The summed E-state index contributed by atoms with van der Waals surface area (Å²) in [7, 11) is 1.61. The van der Waals surface area contributed by atoms with E-state index in [1.165, 1.54) is 44.1 Å². The summed E-state index contributed by atoms with van der Waals surface area (Å²) in [6.45, 7) is 10.1. The molecule has 3 aliphatic heterocycles. The fourth-order valence-electron chi connectivity index (χ4n) is 9.96. The van der Waals surface area contributed by atoms with Gasteiger partial charge in [0.15, 0.2) is 6.61 Å². The highest BCUT2D eigenvalue weighted by Crippen LogP contribution is 2.36. The Bertz CT molecular complexity index is 2470. The lowest BCUT2D eigenvalue weighted by atomic mass is 9.82. The maximum atomic E-state index is 13.9. The lowest BCUT2D eigenvalue weighted by Crippen LogP contribution is -2.54. The van der Waals surface area contributed by atoms with E-state index in [0.717, 1.165) is 44.5 Å². The minimum absolute atomic E-state index is 0.0182. The van der Waals surface area contributed by atoms with E-state index in [2.05, 4.69) is 32.6 Å². The maximum absolute atomic E-state index is 13.9. The van der Waals surface area contributed by atoms with Crippen LogP contribution in [0.15, 0.2) is 95.8 Å². The Morgan fingerprint density at radius 1 is 0.821 bits per heavy atom. The van der Waals surface area contributed by atoms with Crippen LogP contribution in [-0.4, -0.2) is 114 Å². The molecule has 356 valence electrons. The zero-order valence-electron chi connectivity index (χ0n) is 39.4. The van der Waals surface area contributed by atoms with Crippen LogP contribution in [0.5, 0.6) is 17.2 Å². The molecule has 0 spiro atoms. The molecule has 4 heterocycles. The number of piperazine rings is 1. The molecule has 14 nitrogen and oxygen atoms in total. The highest BCUT2D eigenvalue weighted by Gasteiger charge is 2.39. The fraction of sp³-hybridized carbons (Fsp3) is 0.472. The average Bonchev–Trinajstić information content (AvgIpc) is 3.33. The number of rotatable bonds is 20. The van der Waals surface area contributed by atoms with Gasteiger partial charge >= 0.3 is 6.09 Å². The topological polar surface area (TPSA) is 140 Å². The Balaban J connectivity index is 0.702. The Labute approximate surface area is 394 Å². The number of nitrogens with zero attached hydrogens (tertiary/aromatic N) is 5. The number of unbranched alkanes of at least 4 members (excludes halogenated alkanes) is 3. The summed E-state index contributed by atoms with van der Waals surface area (Å²) in [6.07, 6.45) is 9.63. The Morgan fingerprint density at radius 2 is 1.57 bits per heavy atom. The molecule has 2 bridgehead atoms. The summed E-state index contributed by atoms with van der Waals surface area (Å²) in [5, 5.41) is 7.03. The second kappa shape index (κ2) is 23.2. The number of carbonyl (C=O) groups excluding carboxylic acids is 2. The van der Waals surface area contributed by atoms with Gasteiger partial charge in [-0.25, -0.2) is 9.78 Å². The standard InChI is InChI=1S/C53H67N7O7/c1-4-65-48-19-10-9-18-47(48)60-50(55-45-17-8-7-16-44(45)52(60)62)36-57-28-30-58(31-29-57)51(61)37-66-42-23-21-39(22-24-42)35-54-26-11-5-6-12-27-59-40-14-13-15-41(59)34-43(33-40)67-53(63)56-46-25-20-38(2)32-49(46)64-3/h7-10,16-25,32,40-41,43,54H,4-6,11-15,26-31,33-37H2,1-3H3,(H,56,63). The summed E-state index contributed by atoms with van der Waals surface area (Å²) < 4.78 is 24.9. The summed E-state index contributed by atoms with van der Waals surface area (Å²) >= 11 is 0. The van der Waals surface area contributed by atoms with E-state index in [0.29, 0.717) is 96.8 Å². The number of piperidine rings is 2. The number of nitrogens with one attached hydrogen (secondary N) is 2. The molecule has 3 saturated heterocycles. The third-order valence-corrected chi connectivity index (χ3v) is 13.4. The highest BCUT2D eigenvalue weighted by atomic mass is 16.6. The van der Waals surface area contributed by atoms with Crippen molar-refractivity contribution in [3.8, 4) is 22.9 Å². The molecule has 3 aliphatic rings. The van der Waals surface area contributed by atoms with Gasteiger partial charge in [0.2, 0.25) is 0 Å². The number of carbonyl (C=O) groups is 2. The predicted octanol–water partition coefficient (Wildman–Crippen LogP) is 8.11. The normalized spacial score (nSPS) is 18.7. The number of aryl methyl sites for hydroxylation is 1. The molecule has 2 N–H and O–H groups in total. The number of ether oxygens (including phenoxy) is 4. The zero-order chi connectivity index (χ0) is 46.5. The van der Waals surface area contributed by atoms with Crippen LogP contribution in [0.1, 0.15) is 81.7 Å². The molecule has 4 aromatic carbocycles. The molecular formula is C53H67N7O7. The van der Waals surface area contributed by atoms with Crippen molar-refractivity contribution in [3.63, 3.8) is 0 Å². The maximum Gasteiger partial charge on any atom is 0.412 e.